The van der Waals surface area contributed by atoms with Crippen molar-refractivity contribution in [2.75, 3.05) is 40.9 Å². The third kappa shape index (κ3) is 9.77. The van der Waals surface area contributed by atoms with Crippen molar-refractivity contribution in [1.82, 2.24) is 19.2 Å². The molecular weight excluding hydrogens is 682 g/mol. The maximum Gasteiger partial charge on any atom is 0.260 e. The van der Waals surface area contributed by atoms with Crippen LogP contribution >= 0.6 is 23.2 Å². The zero-order valence-electron chi connectivity index (χ0n) is 26.0. The first-order valence-corrected chi connectivity index (χ1v) is 17.7. The van der Waals surface area contributed by atoms with Gasteiger partial charge in [0.2, 0.25) is 20.0 Å². The van der Waals surface area contributed by atoms with Crippen molar-refractivity contribution in [3.63, 3.8) is 0 Å². The quantitative estimate of drug-likeness (QED) is 0.320. The van der Waals surface area contributed by atoms with Crippen LogP contribution in [0.15, 0.2) is 70.5 Å². The van der Waals surface area contributed by atoms with Gasteiger partial charge in [-0.1, -0.05) is 35.3 Å². The number of sulfonamides is 2. The van der Waals surface area contributed by atoms with Gasteiger partial charge in [0.25, 0.3) is 5.91 Å². The summed E-state index contributed by atoms with van der Waals surface area (Å²) in [5.74, 6) is -0.165. The lowest BCUT2D eigenvalue weighted by Gasteiger charge is -2.44. The normalized spacial score (nSPS) is 17.2. The Morgan fingerprint density at radius 3 is 1.89 bits per heavy atom. The van der Waals surface area contributed by atoms with Crippen LogP contribution in [0.1, 0.15) is 19.4 Å². The van der Waals surface area contributed by atoms with E-state index in [-0.39, 0.29) is 56.7 Å². The van der Waals surface area contributed by atoms with E-state index < -0.39 is 20.0 Å². The van der Waals surface area contributed by atoms with E-state index in [1.54, 1.807) is 23.1 Å². The van der Waals surface area contributed by atoms with E-state index in [0.717, 1.165) is 5.56 Å². The smallest absolute Gasteiger partial charge is 0.260 e. The molecule has 0 aromatic heterocycles. The summed E-state index contributed by atoms with van der Waals surface area (Å²) in [6.45, 7) is 5.54. The summed E-state index contributed by atoms with van der Waals surface area (Å²) in [6.07, 6.45) is 0. The SMILES string of the molecule is CNS(=O)(=O)c1cc(Cl)ccc1OC.CNS(=O)(=O)c1cc(Cl)ccc1OCC(=O)N1C[C@H](C)N(Cc2ccc(F)cc2)C[C@H]1C. The number of nitrogens with zero attached hydrogens (tertiary/aromatic N) is 2. The van der Waals surface area contributed by atoms with Crippen molar-refractivity contribution >= 4 is 49.2 Å². The zero-order valence-corrected chi connectivity index (χ0v) is 29.1. The van der Waals surface area contributed by atoms with Crippen LogP contribution in [-0.4, -0.2) is 85.5 Å². The minimum absolute atomic E-state index is 0.0370. The number of benzene rings is 3. The van der Waals surface area contributed by atoms with Gasteiger partial charge in [0.1, 0.15) is 27.1 Å². The third-order valence-electron chi connectivity index (χ3n) is 7.23. The van der Waals surface area contributed by atoms with E-state index in [1.165, 1.54) is 63.7 Å². The molecule has 16 heteroatoms. The Kier molecular flexibility index (Phi) is 13.2. The minimum atomic E-state index is -3.80. The molecule has 0 spiro atoms. The molecule has 3 aromatic carbocycles. The number of halogens is 3. The number of nitrogens with one attached hydrogen (secondary N) is 2. The monoisotopic (exact) mass is 718 g/mol. The molecule has 1 saturated heterocycles. The molecule has 2 atom stereocenters. The van der Waals surface area contributed by atoms with Crippen LogP contribution in [-0.2, 0) is 31.4 Å². The van der Waals surface area contributed by atoms with Crippen LogP contribution in [0.4, 0.5) is 4.39 Å². The molecule has 252 valence electrons. The van der Waals surface area contributed by atoms with E-state index in [0.29, 0.717) is 24.7 Å². The highest BCUT2D eigenvalue weighted by molar-refractivity contribution is 7.89. The topological polar surface area (TPSA) is 134 Å². The molecule has 1 aliphatic heterocycles. The summed E-state index contributed by atoms with van der Waals surface area (Å²) < 4.78 is 75.5. The van der Waals surface area contributed by atoms with E-state index in [2.05, 4.69) is 14.3 Å². The fourth-order valence-electron chi connectivity index (χ4n) is 4.70. The molecule has 0 aliphatic carbocycles. The molecule has 0 bridgehead atoms. The van der Waals surface area contributed by atoms with Gasteiger partial charge in [0, 0.05) is 41.8 Å². The number of carbonyl (C=O) groups is 1. The largest absolute Gasteiger partial charge is 0.495 e. The number of hydrogen-bond donors (Lipinski definition) is 2. The third-order valence-corrected chi connectivity index (χ3v) is 10.6. The second kappa shape index (κ2) is 16.2. The summed E-state index contributed by atoms with van der Waals surface area (Å²) in [4.78, 5) is 16.8. The number of methoxy groups -OCH3 is 1. The number of ether oxygens (including phenoxy) is 2. The molecule has 2 N–H and O–H groups in total. The first kappa shape index (κ1) is 37.5. The van der Waals surface area contributed by atoms with Crippen molar-refractivity contribution in [2.24, 2.45) is 0 Å². The summed E-state index contributed by atoms with van der Waals surface area (Å²) in [6, 6.07) is 15.1. The molecule has 11 nitrogen and oxygen atoms in total. The average Bonchev–Trinajstić information content (AvgIpc) is 3.03. The highest BCUT2D eigenvalue weighted by Gasteiger charge is 2.32. The van der Waals surface area contributed by atoms with Gasteiger partial charge in [-0.05, 0) is 82.0 Å². The first-order valence-electron chi connectivity index (χ1n) is 14.0. The fourth-order valence-corrected chi connectivity index (χ4v) is 6.99. The predicted octanol–water partition coefficient (Wildman–Crippen LogP) is 4.14. The molecule has 4 rings (SSSR count). The van der Waals surface area contributed by atoms with E-state index >= 15 is 0 Å². The molecule has 46 heavy (non-hydrogen) atoms. The van der Waals surface area contributed by atoms with Gasteiger partial charge in [0.15, 0.2) is 6.61 Å². The standard InChI is InChI=1S/C22H27ClFN3O4S.C8H10ClNO3S/c1-15-12-27(16(2)11-26(15)13-17-4-7-19(24)8-5-17)22(28)14-31-20-9-6-18(23)10-21(20)32(29,30)25-3;1-10-14(11,12)8-5-6(9)3-4-7(8)13-2/h4-10,15-16,25H,11-14H2,1-3H3;3-5,10H,1-2H3/t15-,16+;/m0./s1. The van der Waals surface area contributed by atoms with Crippen molar-refractivity contribution in [1.29, 1.82) is 0 Å². The van der Waals surface area contributed by atoms with Crippen LogP contribution in [0.3, 0.4) is 0 Å². The van der Waals surface area contributed by atoms with Crippen LogP contribution in [0.2, 0.25) is 10.0 Å². The zero-order chi connectivity index (χ0) is 34.2. The number of amides is 1. The Bertz CT molecular complexity index is 1730. The van der Waals surface area contributed by atoms with Gasteiger partial charge < -0.3 is 14.4 Å². The van der Waals surface area contributed by atoms with Crippen LogP contribution in [0.5, 0.6) is 11.5 Å². The van der Waals surface area contributed by atoms with Gasteiger partial charge in [-0.15, -0.1) is 0 Å². The second-order valence-corrected chi connectivity index (χ2v) is 15.0. The number of rotatable bonds is 10. The number of carbonyl (C=O) groups excluding carboxylic acids is 1. The highest BCUT2D eigenvalue weighted by atomic mass is 35.5. The molecule has 1 heterocycles. The summed E-state index contributed by atoms with van der Waals surface area (Å²) in [5.41, 5.74) is 1.01. The molecular formula is C30H37Cl2FN4O7S2. The summed E-state index contributed by atoms with van der Waals surface area (Å²) in [7, 11) is -3.30. The molecule has 1 aliphatic rings. The maximum absolute atomic E-state index is 13.2. The van der Waals surface area contributed by atoms with Gasteiger partial charge in [-0.3, -0.25) is 9.69 Å². The molecule has 3 aromatic rings. The number of hydrogen-bond acceptors (Lipinski definition) is 8. The Labute approximate surface area is 279 Å². The molecule has 1 amide bonds. The Balaban J connectivity index is 0.000000344. The Morgan fingerprint density at radius 1 is 0.848 bits per heavy atom. The minimum Gasteiger partial charge on any atom is -0.495 e. The highest BCUT2D eigenvalue weighted by Crippen LogP contribution is 2.28. The van der Waals surface area contributed by atoms with E-state index in [1.807, 2.05) is 13.8 Å². The maximum atomic E-state index is 13.2. The second-order valence-electron chi connectivity index (χ2n) is 10.4. The molecule has 1 fully saturated rings. The predicted molar refractivity (Wildman–Crippen MR) is 175 cm³/mol. The van der Waals surface area contributed by atoms with Gasteiger partial charge in [0.05, 0.1) is 7.11 Å². The van der Waals surface area contributed by atoms with Crippen molar-refractivity contribution in [3.8, 4) is 11.5 Å². The van der Waals surface area contributed by atoms with Crippen molar-refractivity contribution in [2.45, 2.75) is 42.3 Å². The number of piperazine rings is 1. The molecule has 0 radical (unpaired) electrons. The van der Waals surface area contributed by atoms with Crippen molar-refractivity contribution < 1.29 is 35.5 Å². The lowest BCUT2D eigenvalue weighted by Crippen LogP contribution is -2.58. The first-order chi connectivity index (χ1) is 21.6. The van der Waals surface area contributed by atoms with E-state index in [4.69, 9.17) is 32.7 Å². The van der Waals surface area contributed by atoms with Crippen LogP contribution in [0, 0.1) is 5.82 Å². The fraction of sp³-hybridized carbons (Fsp3) is 0.367. The van der Waals surface area contributed by atoms with Crippen molar-refractivity contribution in [3.05, 3.63) is 82.1 Å². The molecule has 0 unspecified atom stereocenters. The summed E-state index contributed by atoms with van der Waals surface area (Å²) >= 11 is 11.6. The summed E-state index contributed by atoms with van der Waals surface area (Å²) in [5, 5.41) is 0.594. The van der Waals surface area contributed by atoms with Gasteiger partial charge in [-0.25, -0.2) is 30.7 Å². The lowest BCUT2D eigenvalue weighted by atomic mass is 10.1. The Hall–Kier alpha value is -2.98. The van der Waals surface area contributed by atoms with Gasteiger partial charge >= 0.3 is 0 Å². The lowest BCUT2D eigenvalue weighted by molar-refractivity contribution is -0.139. The van der Waals surface area contributed by atoms with Gasteiger partial charge in [-0.2, -0.15) is 0 Å². The van der Waals surface area contributed by atoms with Crippen LogP contribution in [0.25, 0.3) is 0 Å². The van der Waals surface area contributed by atoms with E-state index in [9.17, 15) is 26.0 Å². The average molecular weight is 720 g/mol. The Morgan fingerprint density at radius 2 is 1.37 bits per heavy atom. The molecule has 0 saturated carbocycles. The van der Waals surface area contributed by atoms with Crippen LogP contribution < -0.4 is 18.9 Å².